The zero-order chi connectivity index (χ0) is 13.7. The van der Waals surface area contributed by atoms with Crippen LogP contribution in [-0.4, -0.2) is 21.5 Å². The van der Waals surface area contributed by atoms with Gasteiger partial charge in [-0.05, 0) is 30.7 Å². The second-order valence-corrected chi connectivity index (χ2v) is 5.17. The summed E-state index contributed by atoms with van der Waals surface area (Å²) < 4.78 is 15.5. The molecule has 0 spiro atoms. The van der Waals surface area contributed by atoms with Gasteiger partial charge >= 0.3 is 0 Å². The highest BCUT2D eigenvalue weighted by molar-refractivity contribution is 9.10. The largest absolute Gasteiger partial charge is 0.311 e. The molecule has 1 N–H and O–H groups in total. The summed E-state index contributed by atoms with van der Waals surface area (Å²) in [6.07, 6.45) is 3.00. The molecule has 0 aliphatic carbocycles. The zero-order valence-electron chi connectivity index (χ0n) is 10.7. The molecule has 0 radical (unpaired) electrons. The molecule has 0 aliphatic heterocycles. The number of hydrogen-bond donors (Lipinski definition) is 1. The molecule has 0 aliphatic rings. The molecule has 0 saturated heterocycles. The average Bonchev–Trinajstić information content (AvgIpc) is 2.81. The standard InChI is InChI=1S/C13H16BrFN4/c1-2-5-16-7-12-9-19(18-17-12)8-10-3-4-11(15)6-13(10)14/h3-4,6,9,16H,2,5,7-8H2,1H3. The molecule has 2 aromatic rings. The molecule has 4 nitrogen and oxygen atoms in total. The van der Waals surface area contributed by atoms with Crippen LogP contribution in [0, 0.1) is 5.82 Å². The molecule has 1 heterocycles. The lowest BCUT2D eigenvalue weighted by Gasteiger charge is -2.04. The van der Waals surface area contributed by atoms with Crippen molar-refractivity contribution in [3.63, 3.8) is 0 Å². The molecule has 102 valence electrons. The lowest BCUT2D eigenvalue weighted by atomic mass is 10.2. The molecule has 1 aromatic carbocycles. The summed E-state index contributed by atoms with van der Waals surface area (Å²) in [6, 6.07) is 4.65. The fourth-order valence-corrected chi connectivity index (χ4v) is 2.19. The molecule has 0 atom stereocenters. The van der Waals surface area contributed by atoms with Crippen LogP contribution in [0.2, 0.25) is 0 Å². The smallest absolute Gasteiger partial charge is 0.124 e. The van der Waals surface area contributed by atoms with Crippen LogP contribution in [0.4, 0.5) is 4.39 Å². The Bertz CT molecular complexity index is 541. The Hall–Kier alpha value is -1.27. The fourth-order valence-electron chi connectivity index (χ4n) is 1.71. The van der Waals surface area contributed by atoms with Crippen molar-refractivity contribution in [1.29, 1.82) is 0 Å². The average molecular weight is 327 g/mol. The predicted octanol–water partition coefficient (Wildman–Crippen LogP) is 2.73. The van der Waals surface area contributed by atoms with E-state index in [1.165, 1.54) is 12.1 Å². The molecular weight excluding hydrogens is 311 g/mol. The van der Waals surface area contributed by atoms with Crippen LogP contribution in [-0.2, 0) is 13.1 Å². The lowest BCUT2D eigenvalue weighted by molar-refractivity contribution is 0.619. The van der Waals surface area contributed by atoms with Crippen LogP contribution in [0.25, 0.3) is 0 Å². The van der Waals surface area contributed by atoms with E-state index in [0.717, 1.165) is 35.2 Å². The highest BCUT2D eigenvalue weighted by atomic mass is 79.9. The first-order chi connectivity index (χ1) is 9.19. The van der Waals surface area contributed by atoms with Gasteiger partial charge in [-0.2, -0.15) is 0 Å². The summed E-state index contributed by atoms with van der Waals surface area (Å²) in [5.74, 6) is -0.251. The van der Waals surface area contributed by atoms with E-state index in [1.807, 2.05) is 6.20 Å². The fraction of sp³-hybridized carbons (Fsp3) is 0.385. The van der Waals surface area contributed by atoms with Gasteiger partial charge in [-0.25, -0.2) is 9.07 Å². The van der Waals surface area contributed by atoms with Crippen LogP contribution in [0.3, 0.4) is 0 Å². The summed E-state index contributed by atoms with van der Waals surface area (Å²) in [5, 5.41) is 11.4. The van der Waals surface area contributed by atoms with E-state index in [2.05, 4.69) is 38.5 Å². The molecule has 19 heavy (non-hydrogen) atoms. The van der Waals surface area contributed by atoms with Crippen molar-refractivity contribution in [3.8, 4) is 0 Å². The molecule has 0 saturated carbocycles. The van der Waals surface area contributed by atoms with Crippen molar-refractivity contribution >= 4 is 15.9 Å². The van der Waals surface area contributed by atoms with Gasteiger partial charge in [0.05, 0.1) is 18.4 Å². The predicted molar refractivity (Wildman–Crippen MR) is 75.2 cm³/mol. The maximum absolute atomic E-state index is 13.0. The van der Waals surface area contributed by atoms with Crippen molar-refractivity contribution in [2.24, 2.45) is 0 Å². The van der Waals surface area contributed by atoms with Gasteiger partial charge in [-0.3, -0.25) is 0 Å². The van der Waals surface area contributed by atoms with E-state index in [1.54, 1.807) is 10.7 Å². The minimum Gasteiger partial charge on any atom is -0.311 e. The van der Waals surface area contributed by atoms with Crippen LogP contribution in [0.1, 0.15) is 24.6 Å². The van der Waals surface area contributed by atoms with Crippen molar-refractivity contribution in [2.75, 3.05) is 6.54 Å². The van der Waals surface area contributed by atoms with E-state index < -0.39 is 0 Å². The van der Waals surface area contributed by atoms with Gasteiger partial charge in [0.2, 0.25) is 0 Å². The van der Waals surface area contributed by atoms with E-state index in [0.29, 0.717) is 6.54 Å². The van der Waals surface area contributed by atoms with Gasteiger partial charge in [-0.1, -0.05) is 34.1 Å². The third kappa shape index (κ3) is 4.11. The molecule has 6 heteroatoms. The Morgan fingerprint density at radius 2 is 2.26 bits per heavy atom. The first-order valence-corrected chi connectivity index (χ1v) is 7.02. The molecule has 0 bridgehead atoms. The monoisotopic (exact) mass is 326 g/mol. The van der Waals surface area contributed by atoms with Gasteiger partial charge in [0.15, 0.2) is 0 Å². The molecule has 0 amide bonds. The third-order valence-corrected chi connectivity index (χ3v) is 3.40. The van der Waals surface area contributed by atoms with E-state index >= 15 is 0 Å². The summed E-state index contributed by atoms with van der Waals surface area (Å²) in [4.78, 5) is 0. The molecule has 2 rings (SSSR count). The first kappa shape index (κ1) is 14.1. The van der Waals surface area contributed by atoms with E-state index in [9.17, 15) is 4.39 Å². The van der Waals surface area contributed by atoms with Gasteiger partial charge in [-0.15, -0.1) is 5.10 Å². The van der Waals surface area contributed by atoms with Crippen molar-refractivity contribution in [2.45, 2.75) is 26.4 Å². The summed E-state index contributed by atoms with van der Waals surface area (Å²) in [5.41, 5.74) is 1.88. The Balaban J connectivity index is 1.99. The highest BCUT2D eigenvalue weighted by Crippen LogP contribution is 2.18. The number of rotatable bonds is 6. The highest BCUT2D eigenvalue weighted by Gasteiger charge is 2.05. The maximum Gasteiger partial charge on any atom is 0.124 e. The maximum atomic E-state index is 13.0. The number of aromatic nitrogens is 3. The molecule has 0 fully saturated rings. The first-order valence-electron chi connectivity index (χ1n) is 6.22. The van der Waals surface area contributed by atoms with Gasteiger partial charge < -0.3 is 5.32 Å². The van der Waals surface area contributed by atoms with Gasteiger partial charge in [0.1, 0.15) is 5.82 Å². The third-order valence-electron chi connectivity index (χ3n) is 2.67. The summed E-state index contributed by atoms with van der Waals surface area (Å²) in [6.45, 7) is 4.38. The number of hydrogen-bond acceptors (Lipinski definition) is 3. The molecular formula is C13H16BrFN4. The van der Waals surface area contributed by atoms with Crippen LogP contribution in [0.15, 0.2) is 28.9 Å². The number of halogens is 2. The summed E-state index contributed by atoms with van der Waals surface area (Å²) in [7, 11) is 0. The summed E-state index contributed by atoms with van der Waals surface area (Å²) >= 11 is 3.35. The molecule has 1 aromatic heterocycles. The van der Waals surface area contributed by atoms with Gasteiger partial charge in [0.25, 0.3) is 0 Å². The SMILES string of the molecule is CCCNCc1cn(Cc2ccc(F)cc2Br)nn1. The van der Waals surface area contributed by atoms with E-state index in [-0.39, 0.29) is 5.82 Å². The van der Waals surface area contributed by atoms with E-state index in [4.69, 9.17) is 0 Å². The Morgan fingerprint density at radius 3 is 3.00 bits per heavy atom. The minimum absolute atomic E-state index is 0.251. The van der Waals surface area contributed by atoms with Crippen molar-refractivity contribution in [3.05, 3.63) is 45.9 Å². The quantitative estimate of drug-likeness (QED) is 0.830. The zero-order valence-corrected chi connectivity index (χ0v) is 12.3. The van der Waals surface area contributed by atoms with Crippen molar-refractivity contribution in [1.82, 2.24) is 20.3 Å². The van der Waals surface area contributed by atoms with Crippen LogP contribution < -0.4 is 5.32 Å². The lowest BCUT2D eigenvalue weighted by Crippen LogP contribution is -2.13. The Labute approximate surface area is 120 Å². The Kier molecular flexibility index (Phi) is 5.04. The number of nitrogens with zero attached hydrogens (tertiary/aromatic N) is 3. The van der Waals surface area contributed by atoms with Gasteiger partial charge in [0, 0.05) is 11.0 Å². The second-order valence-electron chi connectivity index (χ2n) is 4.32. The normalized spacial score (nSPS) is 10.9. The molecule has 0 unspecified atom stereocenters. The minimum atomic E-state index is -0.251. The number of nitrogens with one attached hydrogen (secondary N) is 1. The second kappa shape index (κ2) is 6.77. The van der Waals surface area contributed by atoms with Crippen LogP contribution >= 0.6 is 15.9 Å². The Morgan fingerprint density at radius 1 is 1.42 bits per heavy atom. The van der Waals surface area contributed by atoms with Crippen molar-refractivity contribution < 1.29 is 4.39 Å². The number of benzene rings is 1. The van der Waals surface area contributed by atoms with Crippen LogP contribution in [0.5, 0.6) is 0 Å². The topological polar surface area (TPSA) is 42.7 Å².